The van der Waals surface area contributed by atoms with Crippen molar-refractivity contribution in [2.75, 3.05) is 13.1 Å². The van der Waals surface area contributed by atoms with Crippen molar-refractivity contribution in [2.24, 2.45) is 5.92 Å². The van der Waals surface area contributed by atoms with Gasteiger partial charge in [0.2, 0.25) is 0 Å². The molecule has 1 heterocycles. The monoisotopic (exact) mass is 225 g/mol. The fourth-order valence-corrected chi connectivity index (χ4v) is 2.11. The van der Waals surface area contributed by atoms with Crippen LogP contribution >= 0.6 is 0 Å². The first-order chi connectivity index (χ1) is 7.42. The molecule has 0 N–H and O–H groups in total. The van der Waals surface area contributed by atoms with Gasteiger partial charge in [-0.25, -0.2) is 0 Å². The molecule has 0 aromatic carbocycles. The second kappa shape index (κ2) is 5.60. The van der Waals surface area contributed by atoms with E-state index in [1.165, 1.54) is 12.8 Å². The van der Waals surface area contributed by atoms with Gasteiger partial charge in [0.25, 0.3) is 0 Å². The van der Waals surface area contributed by atoms with Gasteiger partial charge in [-0.05, 0) is 52.0 Å². The van der Waals surface area contributed by atoms with Crippen molar-refractivity contribution < 1.29 is 4.74 Å². The van der Waals surface area contributed by atoms with Crippen LogP contribution in [0.15, 0.2) is 12.0 Å². The third-order valence-electron chi connectivity index (χ3n) is 2.76. The van der Waals surface area contributed by atoms with E-state index >= 15 is 0 Å². The molecule has 0 aromatic rings. The lowest BCUT2D eigenvalue weighted by Gasteiger charge is -2.37. The highest BCUT2D eigenvalue weighted by molar-refractivity contribution is 4.96. The molecule has 1 saturated heterocycles. The SMILES string of the molecule is CCC=C(OC(C)(C)C)N1CCCC(C)C1. The second-order valence-electron chi connectivity index (χ2n) is 5.86. The normalized spacial score (nSPS) is 23.4. The molecule has 0 spiro atoms. The number of rotatable bonds is 3. The van der Waals surface area contributed by atoms with Crippen molar-refractivity contribution in [3.05, 3.63) is 12.0 Å². The number of ether oxygens (including phenoxy) is 1. The van der Waals surface area contributed by atoms with Crippen LogP contribution in [0.5, 0.6) is 0 Å². The van der Waals surface area contributed by atoms with Crippen LogP contribution in [0.4, 0.5) is 0 Å². The van der Waals surface area contributed by atoms with E-state index in [4.69, 9.17) is 4.74 Å². The molecule has 1 unspecified atom stereocenters. The lowest BCUT2D eigenvalue weighted by Crippen LogP contribution is -2.37. The van der Waals surface area contributed by atoms with E-state index in [1.54, 1.807) is 0 Å². The van der Waals surface area contributed by atoms with E-state index in [1.807, 2.05) is 0 Å². The predicted octanol–water partition coefficient (Wildman–Crippen LogP) is 3.78. The quantitative estimate of drug-likeness (QED) is 0.678. The largest absolute Gasteiger partial charge is 0.474 e. The number of piperidine rings is 1. The molecule has 1 aliphatic rings. The van der Waals surface area contributed by atoms with Gasteiger partial charge >= 0.3 is 0 Å². The van der Waals surface area contributed by atoms with Gasteiger partial charge in [0.05, 0.1) is 0 Å². The third kappa shape index (κ3) is 4.46. The smallest absolute Gasteiger partial charge is 0.185 e. The lowest BCUT2D eigenvalue weighted by molar-refractivity contribution is -0.00860. The van der Waals surface area contributed by atoms with E-state index in [0.29, 0.717) is 0 Å². The summed E-state index contributed by atoms with van der Waals surface area (Å²) >= 11 is 0. The van der Waals surface area contributed by atoms with Crippen LogP contribution in [0.25, 0.3) is 0 Å². The Morgan fingerprint density at radius 1 is 1.44 bits per heavy atom. The summed E-state index contributed by atoms with van der Waals surface area (Å²) in [6.07, 6.45) is 5.89. The number of hydrogen-bond donors (Lipinski definition) is 0. The second-order valence-corrected chi connectivity index (χ2v) is 5.86. The zero-order valence-corrected chi connectivity index (χ0v) is 11.5. The zero-order valence-electron chi connectivity index (χ0n) is 11.5. The van der Waals surface area contributed by atoms with Gasteiger partial charge in [-0.3, -0.25) is 0 Å². The molecular formula is C14H27NO. The highest BCUT2D eigenvalue weighted by Crippen LogP contribution is 2.23. The minimum absolute atomic E-state index is 0.0955. The topological polar surface area (TPSA) is 12.5 Å². The van der Waals surface area contributed by atoms with E-state index < -0.39 is 0 Å². The van der Waals surface area contributed by atoms with Gasteiger partial charge in [0, 0.05) is 13.1 Å². The van der Waals surface area contributed by atoms with Crippen molar-refractivity contribution in [1.82, 2.24) is 4.90 Å². The molecule has 0 aromatic heterocycles. The first kappa shape index (κ1) is 13.4. The summed E-state index contributed by atoms with van der Waals surface area (Å²) in [4.78, 5) is 2.41. The van der Waals surface area contributed by atoms with Crippen molar-refractivity contribution in [2.45, 2.75) is 59.5 Å². The molecule has 1 atom stereocenters. The van der Waals surface area contributed by atoms with Crippen LogP contribution < -0.4 is 0 Å². The van der Waals surface area contributed by atoms with Gasteiger partial charge in [-0.2, -0.15) is 0 Å². The van der Waals surface area contributed by atoms with Crippen molar-refractivity contribution in [3.8, 4) is 0 Å². The number of allylic oxidation sites excluding steroid dienone is 1. The van der Waals surface area contributed by atoms with Crippen LogP contribution in [0, 0.1) is 5.92 Å². The first-order valence-corrected chi connectivity index (χ1v) is 6.56. The number of likely N-dealkylation sites (tertiary alicyclic amines) is 1. The van der Waals surface area contributed by atoms with Crippen LogP contribution in [0.1, 0.15) is 53.9 Å². The van der Waals surface area contributed by atoms with Crippen LogP contribution in [-0.2, 0) is 4.74 Å². The van der Waals surface area contributed by atoms with E-state index in [0.717, 1.165) is 31.3 Å². The summed E-state index contributed by atoms with van der Waals surface area (Å²) in [7, 11) is 0. The highest BCUT2D eigenvalue weighted by Gasteiger charge is 2.22. The van der Waals surface area contributed by atoms with Crippen molar-refractivity contribution in [3.63, 3.8) is 0 Å². The van der Waals surface area contributed by atoms with Gasteiger partial charge in [-0.15, -0.1) is 0 Å². The van der Waals surface area contributed by atoms with Crippen LogP contribution in [-0.4, -0.2) is 23.6 Å². The standard InChI is InChI=1S/C14H27NO/c1-6-8-13(16-14(3,4)5)15-10-7-9-12(2)11-15/h8,12H,6-7,9-11H2,1-5H3. The molecule has 2 nitrogen and oxygen atoms in total. The molecule has 2 heteroatoms. The Morgan fingerprint density at radius 2 is 2.12 bits per heavy atom. The number of hydrogen-bond acceptors (Lipinski definition) is 2. The molecule has 94 valence electrons. The summed E-state index contributed by atoms with van der Waals surface area (Å²) in [6, 6.07) is 0. The van der Waals surface area contributed by atoms with Crippen LogP contribution in [0.2, 0.25) is 0 Å². The predicted molar refractivity (Wildman–Crippen MR) is 69.2 cm³/mol. The summed E-state index contributed by atoms with van der Waals surface area (Å²) < 4.78 is 6.05. The molecule has 0 radical (unpaired) electrons. The molecule has 0 aliphatic carbocycles. The Kier molecular flexibility index (Phi) is 4.69. The highest BCUT2D eigenvalue weighted by atomic mass is 16.5. The van der Waals surface area contributed by atoms with Crippen LogP contribution in [0.3, 0.4) is 0 Å². The van der Waals surface area contributed by atoms with E-state index in [-0.39, 0.29) is 5.60 Å². The summed E-state index contributed by atoms with van der Waals surface area (Å²) in [5.41, 5.74) is -0.0955. The van der Waals surface area contributed by atoms with Crippen molar-refractivity contribution in [1.29, 1.82) is 0 Å². The summed E-state index contributed by atoms with van der Waals surface area (Å²) in [5, 5.41) is 0. The third-order valence-corrected chi connectivity index (χ3v) is 2.76. The first-order valence-electron chi connectivity index (χ1n) is 6.56. The molecule has 0 bridgehead atoms. The van der Waals surface area contributed by atoms with Crippen molar-refractivity contribution >= 4 is 0 Å². The Morgan fingerprint density at radius 3 is 2.62 bits per heavy atom. The molecule has 0 amide bonds. The zero-order chi connectivity index (χ0) is 12.2. The minimum Gasteiger partial charge on any atom is -0.474 e. The minimum atomic E-state index is -0.0955. The summed E-state index contributed by atoms with van der Waals surface area (Å²) in [6.45, 7) is 13.1. The molecular weight excluding hydrogens is 198 g/mol. The maximum atomic E-state index is 6.05. The molecule has 1 fully saturated rings. The maximum absolute atomic E-state index is 6.05. The average molecular weight is 225 g/mol. The van der Waals surface area contributed by atoms with Gasteiger partial charge < -0.3 is 9.64 Å². The maximum Gasteiger partial charge on any atom is 0.185 e. The lowest BCUT2D eigenvalue weighted by atomic mass is 10.0. The van der Waals surface area contributed by atoms with Gasteiger partial charge in [-0.1, -0.05) is 13.8 Å². The Hall–Kier alpha value is -0.660. The molecule has 1 aliphatic heterocycles. The molecule has 16 heavy (non-hydrogen) atoms. The molecule has 1 rings (SSSR count). The Labute approximate surface area is 101 Å². The van der Waals surface area contributed by atoms with E-state index in [9.17, 15) is 0 Å². The average Bonchev–Trinajstić information content (AvgIpc) is 2.15. The molecule has 0 saturated carbocycles. The van der Waals surface area contributed by atoms with Gasteiger partial charge in [0.15, 0.2) is 5.88 Å². The van der Waals surface area contributed by atoms with Gasteiger partial charge in [0.1, 0.15) is 5.60 Å². The Balaban J connectivity index is 2.66. The number of nitrogens with zero attached hydrogens (tertiary/aromatic N) is 1. The fourth-order valence-electron chi connectivity index (χ4n) is 2.11. The van der Waals surface area contributed by atoms with E-state index in [2.05, 4.69) is 45.6 Å². The summed E-state index contributed by atoms with van der Waals surface area (Å²) in [5.74, 6) is 1.87. The fraction of sp³-hybridized carbons (Fsp3) is 0.857. The Bertz CT molecular complexity index is 240.